The Kier molecular flexibility index (Phi) is 3.67. The number of hydrogen-bond acceptors (Lipinski definition) is 5. The van der Waals surface area contributed by atoms with E-state index in [1.165, 1.54) is 11.8 Å². The SMILES string of the molecule is CC1OCCC1Sc1cc(C(F)(F)F)nc(N)n1. The summed E-state index contributed by atoms with van der Waals surface area (Å²) in [6, 6.07) is 0.923. The topological polar surface area (TPSA) is 61.0 Å². The van der Waals surface area contributed by atoms with Gasteiger partial charge in [0.05, 0.1) is 6.10 Å². The van der Waals surface area contributed by atoms with Crippen LogP contribution in [0.2, 0.25) is 0 Å². The van der Waals surface area contributed by atoms with Crippen molar-refractivity contribution in [2.24, 2.45) is 0 Å². The third-order valence-corrected chi connectivity index (χ3v) is 3.96. The Hall–Kier alpha value is -1.02. The van der Waals surface area contributed by atoms with Crippen LogP contribution in [0.25, 0.3) is 0 Å². The van der Waals surface area contributed by atoms with Crippen LogP contribution in [-0.4, -0.2) is 27.9 Å². The van der Waals surface area contributed by atoms with Crippen LogP contribution in [0.15, 0.2) is 11.1 Å². The predicted octanol–water partition coefficient (Wildman–Crippen LogP) is 2.35. The van der Waals surface area contributed by atoms with Gasteiger partial charge in [-0.3, -0.25) is 0 Å². The van der Waals surface area contributed by atoms with Crippen molar-refractivity contribution < 1.29 is 17.9 Å². The summed E-state index contributed by atoms with van der Waals surface area (Å²) in [5.74, 6) is -0.362. The molecule has 2 unspecified atom stereocenters. The average molecular weight is 279 g/mol. The van der Waals surface area contributed by atoms with Crippen LogP contribution < -0.4 is 5.73 Å². The summed E-state index contributed by atoms with van der Waals surface area (Å²) in [7, 11) is 0. The highest BCUT2D eigenvalue weighted by Gasteiger charge is 2.34. The van der Waals surface area contributed by atoms with Crippen molar-refractivity contribution >= 4 is 17.7 Å². The number of ether oxygens (including phenoxy) is 1. The molecule has 2 N–H and O–H groups in total. The van der Waals surface area contributed by atoms with Gasteiger partial charge in [0.25, 0.3) is 0 Å². The van der Waals surface area contributed by atoms with Crippen LogP contribution in [0.4, 0.5) is 19.1 Å². The standard InChI is InChI=1S/C10H12F3N3OS/c1-5-6(2-3-17-5)18-8-4-7(10(11,12)13)15-9(14)16-8/h4-6H,2-3H2,1H3,(H2,14,15,16). The summed E-state index contributed by atoms with van der Waals surface area (Å²) in [6.45, 7) is 2.51. The minimum absolute atomic E-state index is 0.000488. The second-order valence-corrected chi connectivity index (χ2v) is 5.23. The van der Waals surface area contributed by atoms with E-state index in [2.05, 4.69) is 9.97 Å². The van der Waals surface area contributed by atoms with Crippen molar-refractivity contribution in [3.63, 3.8) is 0 Å². The molecule has 0 amide bonds. The average Bonchev–Trinajstić information content (AvgIpc) is 2.62. The number of alkyl halides is 3. The third-order valence-electron chi connectivity index (χ3n) is 2.59. The first kappa shape index (κ1) is 13.4. The van der Waals surface area contributed by atoms with Gasteiger partial charge in [0, 0.05) is 17.9 Å². The lowest BCUT2D eigenvalue weighted by Gasteiger charge is -2.14. The lowest BCUT2D eigenvalue weighted by molar-refractivity contribution is -0.141. The van der Waals surface area contributed by atoms with E-state index in [4.69, 9.17) is 10.5 Å². The van der Waals surface area contributed by atoms with Crippen molar-refractivity contribution in [1.82, 2.24) is 9.97 Å². The zero-order chi connectivity index (χ0) is 13.3. The van der Waals surface area contributed by atoms with Gasteiger partial charge in [-0.05, 0) is 13.3 Å². The Morgan fingerprint density at radius 1 is 1.44 bits per heavy atom. The molecule has 0 bridgehead atoms. The van der Waals surface area contributed by atoms with Gasteiger partial charge in [-0.2, -0.15) is 13.2 Å². The van der Waals surface area contributed by atoms with Crippen molar-refractivity contribution in [2.45, 2.75) is 35.9 Å². The molecule has 4 nitrogen and oxygen atoms in total. The number of aromatic nitrogens is 2. The number of thioether (sulfide) groups is 1. The number of anilines is 1. The van der Waals surface area contributed by atoms with E-state index < -0.39 is 11.9 Å². The molecule has 1 aromatic heterocycles. The van der Waals surface area contributed by atoms with E-state index >= 15 is 0 Å². The molecule has 1 aromatic rings. The largest absolute Gasteiger partial charge is 0.433 e. The Labute approximate surface area is 106 Å². The van der Waals surface area contributed by atoms with Gasteiger partial charge in [0.1, 0.15) is 5.03 Å². The normalized spacial score (nSPS) is 24.4. The highest BCUT2D eigenvalue weighted by atomic mass is 32.2. The molecule has 2 atom stereocenters. The molecule has 2 heterocycles. The Morgan fingerprint density at radius 2 is 2.17 bits per heavy atom. The summed E-state index contributed by atoms with van der Waals surface area (Å²) in [5.41, 5.74) is 4.29. The number of halogens is 3. The smallest absolute Gasteiger partial charge is 0.377 e. The number of nitrogen functional groups attached to an aromatic ring is 1. The predicted molar refractivity (Wildman–Crippen MR) is 61.1 cm³/mol. The molecule has 8 heteroatoms. The molecule has 0 saturated carbocycles. The first-order valence-corrected chi connectivity index (χ1v) is 6.24. The minimum atomic E-state index is -4.51. The second kappa shape index (κ2) is 4.93. The molecule has 100 valence electrons. The van der Waals surface area contributed by atoms with E-state index in [0.717, 1.165) is 12.5 Å². The molecule has 0 aromatic carbocycles. The summed E-state index contributed by atoms with van der Waals surface area (Å²) in [5, 5.41) is 0.331. The number of nitrogens with zero attached hydrogens (tertiary/aromatic N) is 2. The summed E-state index contributed by atoms with van der Waals surface area (Å²) in [6.07, 6.45) is -3.72. The second-order valence-electron chi connectivity index (χ2n) is 3.97. The fraction of sp³-hybridized carbons (Fsp3) is 0.600. The van der Waals surface area contributed by atoms with E-state index in [0.29, 0.717) is 6.61 Å². The Bertz CT molecular complexity index is 441. The van der Waals surface area contributed by atoms with Crippen LogP contribution in [-0.2, 0) is 10.9 Å². The summed E-state index contributed by atoms with van der Waals surface area (Å²) in [4.78, 5) is 7.02. The van der Waals surface area contributed by atoms with E-state index in [9.17, 15) is 13.2 Å². The lowest BCUT2D eigenvalue weighted by Crippen LogP contribution is -2.15. The number of rotatable bonds is 2. The maximum absolute atomic E-state index is 12.6. The first-order chi connectivity index (χ1) is 8.36. The zero-order valence-electron chi connectivity index (χ0n) is 9.57. The maximum Gasteiger partial charge on any atom is 0.433 e. The van der Waals surface area contributed by atoms with Gasteiger partial charge in [-0.15, -0.1) is 11.8 Å². The monoisotopic (exact) mass is 279 g/mol. The molecule has 18 heavy (non-hydrogen) atoms. The van der Waals surface area contributed by atoms with E-state index in [1.807, 2.05) is 6.92 Å². The van der Waals surface area contributed by atoms with Crippen molar-refractivity contribution in [3.05, 3.63) is 11.8 Å². The molecular weight excluding hydrogens is 267 g/mol. The maximum atomic E-state index is 12.6. The number of nitrogens with two attached hydrogens (primary N) is 1. The van der Waals surface area contributed by atoms with E-state index in [-0.39, 0.29) is 22.3 Å². The molecule has 1 aliphatic heterocycles. The van der Waals surface area contributed by atoms with Gasteiger partial charge in [-0.25, -0.2) is 9.97 Å². The van der Waals surface area contributed by atoms with Crippen molar-refractivity contribution in [2.75, 3.05) is 12.3 Å². The van der Waals surface area contributed by atoms with Gasteiger partial charge < -0.3 is 10.5 Å². The van der Waals surface area contributed by atoms with E-state index in [1.54, 1.807) is 0 Å². The zero-order valence-corrected chi connectivity index (χ0v) is 10.4. The van der Waals surface area contributed by atoms with Crippen LogP contribution in [0.1, 0.15) is 19.0 Å². The first-order valence-electron chi connectivity index (χ1n) is 5.36. The van der Waals surface area contributed by atoms with Crippen LogP contribution in [0.5, 0.6) is 0 Å². The van der Waals surface area contributed by atoms with Gasteiger partial charge in [0.15, 0.2) is 5.69 Å². The molecule has 2 rings (SSSR count). The molecular formula is C10H12F3N3OS. The van der Waals surface area contributed by atoms with Crippen LogP contribution in [0.3, 0.4) is 0 Å². The van der Waals surface area contributed by atoms with Gasteiger partial charge in [-0.1, -0.05) is 0 Å². The van der Waals surface area contributed by atoms with Gasteiger partial charge >= 0.3 is 6.18 Å². The molecule has 1 fully saturated rings. The molecule has 0 aliphatic carbocycles. The summed E-state index contributed by atoms with van der Waals surface area (Å²) >= 11 is 1.25. The molecule has 1 aliphatic rings. The molecule has 1 saturated heterocycles. The Morgan fingerprint density at radius 3 is 2.72 bits per heavy atom. The molecule has 0 spiro atoms. The fourth-order valence-electron chi connectivity index (χ4n) is 1.67. The van der Waals surface area contributed by atoms with Crippen molar-refractivity contribution in [1.29, 1.82) is 0 Å². The quantitative estimate of drug-likeness (QED) is 0.842. The van der Waals surface area contributed by atoms with Crippen LogP contribution >= 0.6 is 11.8 Å². The highest BCUT2D eigenvalue weighted by molar-refractivity contribution is 7.99. The lowest BCUT2D eigenvalue weighted by atomic mass is 10.3. The van der Waals surface area contributed by atoms with Crippen LogP contribution in [0, 0.1) is 0 Å². The summed E-state index contributed by atoms with van der Waals surface area (Å²) < 4.78 is 43.0. The molecule has 0 radical (unpaired) electrons. The fourth-order valence-corrected chi connectivity index (χ4v) is 2.79. The number of hydrogen-bond donors (Lipinski definition) is 1. The third kappa shape index (κ3) is 3.05. The Balaban J connectivity index is 2.20. The minimum Gasteiger partial charge on any atom is -0.377 e. The highest BCUT2D eigenvalue weighted by Crippen LogP contribution is 2.35. The van der Waals surface area contributed by atoms with Gasteiger partial charge in [0.2, 0.25) is 5.95 Å². The van der Waals surface area contributed by atoms with Crippen molar-refractivity contribution in [3.8, 4) is 0 Å².